The summed E-state index contributed by atoms with van der Waals surface area (Å²) in [6.45, 7) is 2.15. The summed E-state index contributed by atoms with van der Waals surface area (Å²) >= 11 is 0. The molecule has 22 heavy (non-hydrogen) atoms. The van der Waals surface area contributed by atoms with Crippen LogP contribution in [0.15, 0.2) is 42.5 Å². The molecule has 0 spiro atoms. The van der Waals surface area contributed by atoms with E-state index >= 15 is 0 Å². The highest BCUT2D eigenvalue weighted by atomic mass is 16.2. The van der Waals surface area contributed by atoms with Crippen molar-refractivity contribution in [3.8, 4) is 0 Å². The molecule has 2 amide bonds. The Labute approximate surface area is 130 Å². The third kappa shape index (κ3) is 2.96. The molecule has 0 aromatic heterocycles. The van der Waals surface area contributed by atoms with Gasteiger partial charge in [-0.25, -0.2) is 0 Å². The van der Waals surface area contributed by atoms with Crippen molar-refractivity contribution < 1.29 is 9.59 Å². The first kappa shape index (κ1) is 14.6. The highest BCUT2D eigenvalue weighted by Gasteiger charge is 2.40. The number of nitrogens with zero attached hydrogens (tertiary/aromatic N) is 1. The summed E-state index contributed by atoms with van der Waals surface area (Å²) in [4.78, 5) is 25.8. The van der Waals surface area contributed by atoms with Crippen LogP contribution < -0.4 is 5.32 Å². The molecule has 1 fully saturated rings. The number of anilines is 1. The molecule has 2 unspecified atom stereocenters. The standard InChI is InChI=1S/C18H20N2O2/c1-12-10-15(12)18(22)20(2)11-17(21)19-16-9-5-7-13-6-3-4-8-14(13)16/h3-9,12,15H,10-11H2,1-2H3,(H,19,21). The van der Waals surface area contributed by atoms with Crippen LogP contribution in [0, 0.1) is 11.8 Å². The number of hydrogen-bond donors (Lipinski definition) is 1. The minimum Gasteiger partial charge on any atom is -0.336 e. The quantitative estimate of drug-likeness (QED) is 0.943. The van der Waals surface area contributed by atoms with Gasteiger partial charge in [-0.1, -0.05) is 43.3 Å². The Morgan fingerprint density at radius 2 is 1.86 bits per heavy atom. The fraction of sp³-hybridized carbons (Fsp3) is 0.333. The highest BCUT2D eigenvalue weighted by molar-refractivity contribution is 6.03. The van der Waals surface area contributed by atoms with E-state index in [2.05, 4.69) is 12.2 Å². The summed E-state index contributed by atoms with van der Waals surface area (Å²) in [6, 6.07) is 13.7. The predicted octanol–water partition coefficient (Wildman–Crippen LogP) is 2.89. The average Bonchev–Trinajstić information content (AvgIpc) is 3.23. The number of benzene rings is 2. The second-order valence-electron chi connectivity index (χ2n) is 6.09. The topological polar surface area (TPSA) is 49.4 Å². The highest BCUT2D eigenvalue weighted by Crippen LogP contribution is 2.38. The van der Waals surface area contributed by atoms with E-state index < -0.39 is 0 Å². The van der Waals surface area contributed by atoms with E-state index in [9.17, 15) is 9.59 Å². The molecule has 0 bridgehead atoms. The van der Waals surface area contributed by atoms with E-state index in [1.807, 2.05) is 42.5 Å². The second-order valence-corrected chi connectivity index (χ2v) is 6.09. The van der Waals surface area contributed by atoms with Gasteiger partial charge < -0.3 is 10.2 Å². The van der Waals surface area contributed by atoms with Gasteiger partial charge in [0.2, 0.25) is 11.8 Å². The Hall–Kier alpha value is -2.36. The summed E-state index contributed by atoms with van der Waals surface area (Å²) in [6.07, 6.45) is 0.939. The third-order valence-electron chi connectivity index (χ3n) is 4.25. The number of fused-ring (bicyclic) bond motifs is 1. The molecule has 1 aliphatic rings. The molecule has 0 saturated heterocycles. The Bertz CT molecular complexity index is 721. The molecule has 1 N–H and O–H groups in total. The van der Waals surface area contributed by atoms with Crippen LogP contribution in [-0.4, -0.2) is 30.3 Å². The fourth-order valence-corrected chi connectivity index (χ4v) is 2.77. The van der Waals surface area contributed by atoms with Gasteiger partial charge in [0.05, 0.1) is 6.54 Å². The molecule has 1 saturated carbocycles. The molecular weight excluding hydrogens is 276 g/mol. The Morgan fingerprint density at radius 1 is 1.18 bits per heavy atom. The van der Waals surface area contributed by atoms with Gasteiger partial charge in [-0.2, -0.15) is 0 Å². The van der Waals surface area contributed by atoms with Crippen molar-refractivity contribution in [2.24, 2.45) is 11.8 Å². The summed E-state index contributed by atoms with van der Waals surface area (Å²) < 4.78 is 0. The first-order chi connectivity index (χ1) is 10.6. The average molecular weight is 296 g/mol. The summed E-state index contributed by atoms with van der Waals surface area (Å²) in [5.41, 5.74) is 0.781. The van der Waals surface area contributed by atoms with Crippen LogP contribution in [0.2, 0.25) is 0 Å². The van der Waals surface area contributed by atoms with Gasteiger partial charge in [-0.15, -0.1) is 0 Å². The molecule has 1 aliphatic carbocycles. The summed E-state index contributed by atoms with van der Waals surface area (Å²) in [5, 5.41) is 4.99. The van der Waals surface area contributed by atoms with E-state index in [4.69, 9.17) is 0 Å². The first-order valence-electron chi connectivity index (χ1n) is 7.59. The lowest BCUT2D eigenvalue weighted by molar-refractivity contribution is -0.134. The van der Waals surface area contributed by atoms with Gasteiger partial charge in [-0.05, 0) is 23.8 Å². The maximum atomic E-state index is 12.2. The van der Waals surface area contributed by atoms with Crippen molar-refractivity contribution in [3.05, 3.63) is 42.5 Å². The summed E-state index contributed by atoms with van der Waals surface area (Å²) in [7, 11) is 1.69. The van der Waals surface area contributed by atoms with Crippen LogP contribution in [0.25, 0.3) is 10.8 Å². The molecular formula is C18H20N2O2. The monoisotopic (exact) mass is 296 g/mol. The van der Waals surface area contributed by atoms with Crippen LogP contribution >= 0.6 is 0 Å². The van der Waals surface area contributed by atoms with Crippen molar-refractivity contribution in [2.75, 3.05) is 18.9 Å². The number of carbonyl (C=O) groups is 2. The number of rotatable bonds is 4. The smallest absolute Gasteiger partial charge is 0.244 e. The minimum atomic E-state index is -0.166. The van der Waals surface area contributed by atoms with E-state index in [1.54, 1.807) is 7.05 Å². The van der Waals surface area contributed by atoms with Gasteiger partial charge in [0.15, 0.2) is 0 Å². The van der Waals surface area contributed by atoms with Crippen LogP contribution in [-0.2, 0) is 9.59 Å². The predicted molar refractivity (Wildman–Crippen MR) is 87.5 cm³/mol. The van der Waals surface area contributed by atoms with Crippen molar-refractivity contribution in [1.82, 2.24) is 4.90 Å². The maximum Gasteiger partial charge on any atom is 0.244 e. The Balaban J connectivity index is 1.67. The van der Waals surface area contributed by atoms with Gasteiger partial charge in [0, 0.05) is 24.0 Å². The maximum absolute atomic E-state index is 12.2. The molecule has 3 rings (SSSR count). The van der Waals surface area contributed by atoms with E-state index in [1.165, 1.54) is 4.90 Å². The number of amides is 2. The van der Waals surface area contributed by atoms with Crippen LogP contribution in [0.5, 0.6) is 0 Å². The molecule has 4 heteroatoms. The van der Waals surface area contributed by atoms with Crippen molar-refractivity contribution in [2.45, 2.75) is 13.3 Å². The third-order valence-corrected chi connectivity index (χ3v) is 4.25. The number of carbonyl (C=O) groups excluding carboxylic acids is 2. The minimum absolute atomic E-state index is 0.0700. The van der Waals surface area contributed by atoms with Crippen molar-refractivity contribution in [1.29, 1.82) is 0 Å². The van der Waals surface area contributed by atoms with Crippen LogP contribution in [0.4, 0.5) is 5.69 Å². The fourth-order valence-electron chi connectivity index (χ4n) is 2.77. The van der Waals surface area contributed by atoms with Crippen LogP contribution in [0.3, 0.4) is 0 Å². The van der Waals surface area contributed by atoms with Crippen LogP contribution in [0.1, 0.15) is 13.3 Å². The van der Waals surface area contributed by atoms with E-state index in [-0.39, 0.29) is 24.3 Å². The molecule has 0 radical (unpaired) electrons. The van der Waals surface area contributed by atoms with Gasteiger partial charge in [0.25, 0.3) is 0 Å². The number of nitrogens with one attached hydrogen (secondary N) is 1. The lowest BCUT2D eigenvalue weighted by Crippen LogP contribution is -2.36. The zero-order valence-corrected chi connectivity index (χ0v) is 12.9. The van der Waals surface area contributed by atoms with Crippen molar-refractivity contribution in [3.63, 3.8) is 0 Å². The Kier molecular flexibility index (Phi) is 3.84. The van der Waals surface area contributed by atoms with Crippen molar-refractivity contribution >= 4 is 28.3 Å². The summed E-state index contributed by atoms with van der Waals surface area (Å²) in [5.74, 6) is 0.465. The van der Waals surface area contributed by atoms with Gasteiger partial charge >= 0.3 is 0 Å². The largest absolute Gasteiger partial charge is 0.336 e. The molecule has 2 aromatic carbocycles. The molecule has 0 heterocycles. The van der Waals surface area contributed by atoms with Gasteiger partial charge in [-0.3, -0.25) is 9.59 Å². The van der Waals surface area contributed by atoms with E-state index in [0.29, 0.717) is 5.92 Å². The molecule has 4 nitrogen and oxygen atoms in total. The Morgan fingerprint density at radius 3 is 2.59 bits per heavy atom. The lowest BCUT2D eigenvalue weighted by Gasteiger charge is -2.17. The van der Waals surface area contributed by atoms with E-state index in [0.717, 1.165) is 22.9 Å². The second kappa shape index (κ2) is 5.79. The molecule has 114 valence electrons. The zero-order chi connectivity index (χ0) is 15.7. The number of hydrogen-bond acceptors (Lipinski definition) is 2. The SMILES string of the molecule is CC1CC1C(=O)N(C)CC(=O)Nc1cccc2ccccc12. The zero-order valence-electron chi connectivity index (χ0n) is 12.9. The normalized spacial score (nSPS) is 19.7. The molecule has 2 atom stereocenters. The first-order valence-corrected chi connectivity index (χ1v) is 7.59. The molecule has 2 aromatic rings. The lowest BCUT2D eigenvalue weighted by atomic mass is 10.1. The number of likely N-dealkylation sites (N-methyl/N-ethyl adjacent to an activating group) is 1. The molecule has 0 aliphatic heterocycles. The van der Waals surface area contributed by atoms with Gasteiger partial charge in [0.1, 0.15) is 0 Å².